The maximum atomic E-state index is 11.4. The van der Waals surface area contributed by atoms with Crippen molar-refractivity contribution in [2.75, 3.05) is 7.11 Å². The normalized spacial score (nSPS) is 16.8. The van der Waals surface area contributed by atoms with Crippen LogP contribution in [-0.4, -0.2) is 18.9 Å². The Kier molecular flexibility index (Phi) is 4.09. The lowest BCUT2D eigenvalue weighted by molar-refractivity contribution is 0.0376. The molecule has 1 aliphatic rings. The second-order valence-corrected chi connectivity index (χ2v) is 5.05. The number of nitrogens with one attached hydrogen (secondary N) is 1. The van der Waals surface area contributed by atoms with Crippen LogP contribution in [0.15, 0.2) is 53.5 Å². The van der Waals surface area contributed by atoms with E-state index in [1.54, 1.807) is 30.3 Å². The van der Waals surface area contributed by atoms with Gasteiger partial charge in [-0.2, -0.15) is 0 Å². The van der Waals surface area contributed by atoms with Gasteiger partial charge >= 0.3 is 5.97 Å². The molecule has 0 saturated heterocycles. The molecule has 0 saturated carbocycles. The first kappa shape index (κ1) is 14.6. The maximum Gasteiger partial charge on any atom is 0.337 e. The van der Waals surface area contributed by atoms with Gasteiger partial charge in [-0.15, -0.1) is 0 Å². The van der Waals surface area contributed by atoms with Gasteiger partial charge < -0.3 is 4.74 Å². The van der Waals surface area contributed by atoms with Gasteiger partial charge in [0, 0.05) is 11.1 Å². The minimum absolute atomic E-state index is 0.378. The van der Waals surface area contributed by atoms with E-state index in [2.05, 4.69) is 15.2 Å². The van der Waals surface area contributed by atoms with Crippen molar-refractivity contribution < 1.29 is 14.4 Å². The molecule has 0 aromatic heterocycles. The lowest BCUT2D eigenvalue weighted by Gasteiger charge is -2.06. The molecule has 0 fully saturated rings. The molecule has 112 valence electrons. The van der Waals surface area contributed by atoms with Crippen LogP contribution in [0.2, 0.25) is 5.02 Å². The van der Waals surface area contributed by atoms with E-state index in [9.17, 15) is 4.79 Å². The molecule has 22 heavy (non-hydrogen) atoms. The summed E-state index contributed by atoms with van der Waals surface area (Å²) in [4.78, 5) is 21.3. The van der Waals surface area contributed by atoms with Gasteiger partial charge in [0.25, 0.3) is 0 Å². The molecule has 6 heteroatoms. The highest BCUT2D eigenvalue weighted by Gasteiger charge is 2.22. The third-order valence-corrected chi connectivity index (χ3v) is 3.59. The Balaban J connectivity index is 1.82. The lowest BCUT2D eigenvalue weighted by Crippen LogP contribution is -2.18. The van der Waals surface area contributed by atoms with E-state index >= 15 is 0 Å². The van der Waals surface area contributed by atoms with Crippen LogP contribution in [0.3, 0.4) is 0 Å². The highest BCUT2D eigenvalue weighted by Crippen LogP contribution is 2.25. The summed E-state index contributed by atoms with van der Waals surface area (Å²) in [6, 6.07) is 14.3. The third-order valence-electron chi connectivity index (χ3n) is 3.26. The van der Waals surface area contributed by atoms with Crippen LogP contribution in [0.4, 0.5) is 0 Å². The Bertz CT molecular complexity index is 728. The molecule has 1 atom stereocenters. The van der Waals surface area contributed by atoms with Crippen molar-refractivity contribution in [2.24, 2.45) is 4.99 Å². The number of carbonyl (C=O) groups is 1. The molecule has 3 rings (SSSR count). The summed E-state index contributed by atoms with van der Waals surface area (Å²) in [7, 11) is 1.35. The molecular formula is C16H13ClN2O3. The van der Waals surface area contributed by atoms with E-state index in [0.29, 0.717) is 16.4 Å². The van der Waals surface area contributed by atoms with Crippen LogP contribution in [0.5, 0.6) is 0 Å². The van der Waals surface area contributed by atoms with Crippen LogP contribution in [-0.2, 0) is 9.57 Å². The Morgan fingerprint density at radius 2 is 1.95 bits per heavy atom. The van der Waals surface area contributed by atoms with Gasteiger partial charge in [-0.3, -0.25) is 0 Å². The lowest BCUT2D eigenvalue weighted by atomic mass is 10.1. The molecule has 1 N–H and O–H groups in total. The zero-order valence-electron chi connectivity index (χ0n) is 11.7. The SMILES string of the molecule is COC(=O)c1ccc(C2N=C(c3ccccc3Cl)NO2)cc1. The molecule has 5 nitrogen and oxygen atoms in total. The van der Waals surface area contributed by atoms with E-state index in [0.717, 1.165) is 11.1 Å². The highest BCUT2D eigenvalue weighted by atomic mass is 35.5. The Morgan fingerprint density at radius 1 is 1.23 bits per heavy atom. The molecule has 0 radical (unpaired) electrons. The Morgan fingerprint density at radius 3 is 2.64 bits per heavy atom. The summed E-state index contributed by atoms with van der Waals surface area (Å²) in [5.74, 6) is 0.199. The fourth-order valence-electron chi connectivity index (χ4n) is 2.10. The number of ether oxygens (including phenoxy) is 1. The highest BCUT2D eigenvalue weighted by molar-refractivity contribution is 6.34. The summed E-state index contributed by atoms with van der Waals surface area (Å²) < 4.78 is 4.66. The number of amidine groups is 1. The molecule has 2 aromatic carbocycles. The summed E-state index contributed by atoms with van der Waals surface area (Å²) in [5, 5.41) is 0.596. The van der Waals surface area contributed by atoms with Crippen LogP contribution in [0, 0.1) is 0 Å². The predicted molar refractivity (Wildman–Crippen MR) is 82.7 cm³/mol. The minimum Gasteiger partial charge on any atom is -0.465 e. The van der Waals surface area contributed by atoms with Crippen molar-refractivity contribution >= 4 is 23.4 Å². The third kappa shape index (κ3) is 2.81. The van der Waals surface area contributed by atoms with Crippen molar-refractivity contribution in [3.63, 3.8) is 0 Å². The predicted octanol–water partition coefficient (Wildman–Crippen LogP) is 3.11. The Labute approximate surface area is 132 Å². The van der Waals surface area contributed by atoms with E-state index in [1.165, 1.54) is 7.11 Å². The molecule has 0 bridgehead atoms. The molecule has 1 unspecified atom stereocenters. The van der Waals surface area contributed by atoms with Gasteiger partial charge in [0.1, 0.15) is 0 Å². The van der Waals surface area contributed by atoms with E-state index in [-0.39, 0.29) is 5.97 Å². The molecule has 0 spiro atoms. The van der Waals surface area contributed by atoms with Crippen molar-refractivity contribution in [3.05, 3.63) is 70.2 Å². The van der Waals surface area contributed by atoms with Crippen molar-refractivity contribution in [1.29, 1.82) is 0 Å². The van der Waals surface area contributed by atoms with Crippen molar-refractivity contribution in [1.82, 2.24) is 5.48 Å². The molecule has 2 aromatic rings. The number of rotatable bonds is 3. The molecule has 0 amide bonds. The number of esters is 1. The number of hydrogen-bond acceptors (Lipinski definition) is 5. The number of nitrogens with zero attached hydrogens (tertiary/aromatic N) is 1. The average Bonchev–Trinajstić information content (AvgIpc) is 3.04. The van der Waals surface area contributed by atoms with Crippen LogP contribution in [0.25, 0.3) is 0 Å². The average molecular weight is 317 g/mol. The quantitative estimate of drug-likeness (QED) is 0.884. The largest absolute Gasteiger partial charge is 0.465 e. The fourth-order valence-corrected chi connectivity index (χ4v) is 2.33. The number of carbonyl (C=O) groups excluding carboxylic acids is 1. The number of hydrogen-bond donors (Lipinski definition) is 1. The van der Waals surface area contributed by atoms with Gasteiger partial charge in [-0.25, -0.2) is 20.1 Å². The summed E-state index contributed by atoms with van der Waals surface area (Å²) in [6.07, 6.45) is -0.488. The van der Waals surface area contributed by atoms with E-state index in [1.807, 2.05) is 18.2 Å². The van der Waals surface area contributed by atoms with Crippen LogP contribution in [0.1, 0.15) is 27.7 Å². The second kappa shape index (κ2) is 6.17. The van der Waals surface area contributed by atoms with Crippen LogP contribution < -0.4 is 5.48 Å². The van der Waals surface area contributed by atoms with Gasteiger partial charge in [-0.05, 0) is 24.3 Å². The molecule has 0 aliphatic carbocycles. The first-order valence-corrected chi connectivity index (χ1v) is 6.99. The first-order chi connectivity index (χ1) is 10.7. The summed E-state index contributed by atoms with van der Waals surface area (Å²) >= 11 is 6.14. The van der Waals surface area contributed by atoms with E-state index in [4.69, 9.17) is 16.4 Å². The summed E-state index contributed by atoms with van der Waals surface area (Å²) in [5.41, 5.74) is 4.86. The standard InChI is InChI=1S/C16H13ClN2O3/c1-21-16(20)11-8-6-10(7-9-11)15-18-14(19-22-15)12-4-2-3-5-13(12)17/h2-9,15H,1H3,(H,18,19). The summed E-state index contributed by atoms with van der Waals surface area (Å²) in [6.45, 7) is 0. The molecular weight excluding hydrogens is 304 g/mol. The first-order valence-electron chi connectivity index (χ1n) is 6.61. The number of benzene rings is 2. The number of aliphatic imine (C=N–C) groups is 1. The number of hydroxylamine groups is 1. The van der Waals surface area contributed by atoms with Gasteiger partial charge in [0.2, 0.25) is 6.23 Å². The monoisotopic (exact) mass is 316 g/mol. The Hall–Kier alpha value is -2.37. The second-order valence-electron chi connectivity index (χ2n) is 4.64. The van der Waals surface area contributed by atoms with E-state index < -0.39 is 6.23 Å². The van der Waals surface area contributed by atoms with Gasteiger partial charge in [0.05, 0.1) is 17.7 Å². The zero-order valence-corrected chi connectivity index (χ0v) is 12.5. The molecule has 1 aliphatic heterocycles. The van der Waals surface area contributed by atoms with Crippen LogP contribution >= 0.6 is 11.6 Å². The van der Waals surface area contributed by atoms with Gasteiger partial charge in [0.15, 0.2) is 5.84 Å². The zero-order chi connectivity index (χ0) is 15.5. The number of halogens is 1. The fraction of sp³-hybridized carbons (Fsp3) is 0.125. The number of methoxy groups -OCH3 is 1. The minimum atomic E-state index is -0.488. The van der Waals surface area contributed by atoms with Crippen molar-refractivity contribution in [3.8, 4) is 0 Å². The van der Waals surface area contributed by atoms with Crippen molar-refractivity contribution in [2.45, 2.75) is 6.23 Å². The smallest absolute Gasteiger partial charge is 0.337 e. The maximum absolute atomic E-state index is 11.4. The molecule has 1 heterocycles. The van der Waals surface area contributed by atoms with Gasteiger partial charge in [-0.1, -0.05) is 35.9 Å². The topological polar surface area (TPSA) is 59.9 Å².